The second-order valence-electron chi connectivity index (χ2n) is 12.2. The van der Waals surface area contributed by atoms with Gasteiger partial charge >= 0.3 is 12.1 Å². The number of anilines is 1. The average Bonchev–Trinajstić information content (AvgIpc) is 3.39. The van der Waals surface area contributed by atoms with E-state index in [1.807, 2.05) is 43.3 Å². The van der Waals surface area contributed by atoms with E-state index in [0.29, 0.717) is 18.7 Å². The monoisotopic (exact) mass is 653 g/mol. The quantitative estimate of drug-likeness (QED) is 0.223. The van der Waals surface area contributed by atoms with Crippen molar-refractivity contribution in [3.63, 3.8) is 0 Å². The molecule has 13 heteroatoms. The topological polar surface area (TPSA) is 168 Å². The first-order chi connectivity index (χ1) is 22.6. The largest absolute Gasteiger partial charge is 0.480 e. The van der Waals surface area contributed by atoms with Crippen molar-refractivity contribution >= 4 is 29.7 Å². The highest BCUT2D eigenvalue weighted by atomic mass is 16.6. The zero-order valence-electron chi connectivity index (χ0n) is 27.4. The first kappa shape index (κ1) is 35.6. The molecule has 2 heterocycles. The fraction of sp³-hybridized carbons (Fsp3) is 0.559. The molecule has 2 fully saturated rings. The summed E-state index contributed by atoms with van der Waals surface area (Å²) in [5.74, 6) is -2.58. The van der Waals surface area contributed by atoms with Crippen molar-refractivity contribution in [1.29, 1.82) is 0 Å². The minimum atomic E-state index is -1.49. The van der Waals surface area contributed by atoms with E-state index < -0.39 is 47.2 Å². The SMILES string of the molecule is CCOC1C(C(=O)NCC(NC(=O)C2(C)CCCCC2)C(=O)O)CN(C(=O)OCc2ccccc2)C1(CNc1ccccn1)OCC. The summed E-state index contributed by atoms with van der Waals surface area (Å²) in [5.41, 5.74) is -1.36. The summed E-state index contributed by atoms with van der Waals surface area (Å²) in [4.78, 5) is 58.6. The molecule has 1 aromatic carbocycles. The van der Waals surface area contributed by atoms with E-state index in [1.165, 1.54) is 4.90 Å². The third-order valence-electron chi connectivity index (χ3n) is 8.93. The van der Waals surface area contributed by atoms with Crippen LogP contribution in [0, 0.1) is 11.3 Å². The number of benzene rings is 1. The Hall–Kier alpha value is -4.23. The molecule has 4 atom stereocenters. The van der Waals surface area contributed by atoms with Crippen LogP contribution >= 0.6 is 0 Å². The molecule has 3 amide bonds. The Bertz CT molecular complexity index is 1340. The predicted octanol–water partition coefficient (Wildman–Crippen LogP) is 3.56. The average molecular weight is 654 g/mol. The normalized spacial score (nSPS) is 22.6. The number of aliphatic carboxylic acids is 1. The molecule has 1 saturated heterocycles. The van der Waals surface area contributed by atoms with Crippen LogP contribution in [0.1, 0.15) is 58.4 Å². The van der Waals surface area contributed by atoms with E-state index in [2.05, 4.69) is 20.9 Å². The minimum Gasteiger partial charge on any atom is -0.480 e. The van der Waals surface area contributed by atoms with Gasteiger partial charge in [-0.2, -0.15) is 0 Å². The van der Waals surface area contributed by atoms with Crippen molar-refractivity contribution in [1.82, 2.24) is 20.5 Å². The van der Waals surface area contributed by atoms with Gasteiger partial charge in [0, 0.05) is 37.9 Å². The van der Waals surface area contributed by atoms with Crippen LogP contribution in [0.3, 0.4) is 0 Å². The molecule has 4 rings (SSSR count). The summed E-state index contributed by atoms with van der Waals surface area (Å²) >= 11 is 0. The maximum atomic E-state index is 13.9. The van der Waals surface area contributed by atoms with E-state index in [9.17, 15) is 24.3 Å². The van der Waals surface area contributed by atoms with Gasteiger partial charge in [0.25, 0.3) is 0 Å². The maximum absolute atomic E-state index is 13.9. The number of nitrogens with zero attached hydrogens (tertiary/aromatic N) is 2. The highest BCUT2D eigenvalue weighted by Gasteiger charge is 2.60. The van der Waals surface area contributed by atoms with Crippen LogP contribution in [0.2, 0.25) is 0 Å². The number of aromatic nitrogens is 1. The molecule has 4 N–H and O–H groups in total. The molecule has 1 aromatic heterocycles. The summed E-state index contributed by atoms with van der Waals surface area (Å²) in [7, 11) is 0. The Balaban J connectivity index is 1.56. The Morgan fingerprint density at radius 2 is 1.74 bits per heavy atom. The summed E-state index contributed by atoms with van der Waals surface area (Å²) < 4.78 is 18.2. The fourth-order valence-electron chi connectivity index (χ4n) is 6.35. The number of nitrogens with one attached hydrogen (secondary N) is 3. The Kier molecular flexibility index (Phi) is 12.5. The zero-order chi connectivity index (χ0) is 33.9. The first-order valence-electron chi connectivity index (χ1n) is 16.3. The van der Waals surface area contributed by atoms with Gasteiger partial charge in [-0.3, -0.25) is 14.5 Å². The number of hydrogen-bond acceptors (Lipinski definition) is 9. The molecule has 1 saturated carbocycles. The van der Waals surface area contributed by atoms with Gasteiger partial charge in [-0.05, 0) is 44.4 Å². The number of pyridine rings is 1. The number of rotatable bonds is 15. The molecule has 2 aromatic rings. The second kappa shape index (κ2) is 16.6. The van der Waals surface area contributed by atoms with Gasteiger partial charge in [0.1, 0.15) is 24.6 Å². The molecule has 0 spiro atoms. The highest BCUT2D eigenvalue weighted by Crippen LogP contribution is 2.39. The number of amides is 3. The third kappa shape index (κ3) is 8.77. The summed E-state index contributed by atoms with van der Waals surface area (Å²) in [6.45, 7) is 5.31. The lowest BCUT2D eigenvalue weighted by atomic mass is 9.75. The molecule has 256 valence electrons. The van der Waals surface area contributed by atoms with Crippen molar-refractivity contribution in [2.45, 2.75) is 77.4 Å². The number of ether oxygens (including phenoxy) is 3. The van der Waals surface area contributed by atoms with Crippen molar-refractivity contribution < 1.29 is 38.5 Å². The number of carbonyl (C=O) groups excluding carboxylic acids is 3. The van der Waals surface area contributed by atoms with Crippen molar-refractivity contribution in [3.05, 3.63) is 60.3 Å². The fourth-order valence-corrected chi connectivity index (χ4v) is 6.35. The number of likely N-dealkylation sites (tertiary alicyclic amines) is 1. The number of carbonyl (C=O) groups is 4. The molecule has 4 unspecified atom stereocenters. The molecule has 2 aliphatic rings. The Labute approximate surface area is 275 Å². The molecule has 1 aliphatic heterocycles. The summed E-state index contributed by atoms with van der Waals surface area (Å²) in [5, 5.41) is 18.5. The Morgan fingerprint density at radius 1 is 1.02 bits per heavy atom. The lowest BCUT2D eigenvalue weighted by Gasteiger charge is -2.41. The van der Waals surface area contributed by atoms with Crippen LogP contribution in [0.4, 0.5) is 10.6 Å². The van der Waals surface area contributed by atoms with Crippen molar-refractivity contribution in [2.75, 3.05) is 38.2 Å². The standard InChI is InChI=1S/C34H47N5O8/c1-4-45-28-25(29(40)36-20-26(30(41)42)38-31(43)33(3)17-11-7-12-18-33)21-39(32(44)46-22-24-14-8-6-9-15-24)34(28,47-5-2)23-37-27-16-10-13-19-35-27/h6,8-10,13-16,19,25-26,28H,4-5,7,11-12,17-18,20-23H2,1-3H3,(H,35,37)(H,36,40)(H,38,43)(H,41,42). The van der Waals surface area contributed by atoms with E-state index in [4.69, 9.17) is 14.2 Å². The maximum Gasteiger partial charge on any atom is 0.412 e. The second-order valence-corrected chi connectivity index (χ2v) is 12.2. The van der Waals surface area contributed by atoms with Crippen LogP contribution < -0.4 is 16.0 Å². The molecule has 0 bridgehead atoms. The van der Waals surface area contributed by atoms with Crippen LogP contribution in [0.5, 0.6) is 0 Å². The smallest absolute Gasteiger partial charge is 0.412 e. The van der Waals surface area contributed by atoms with Crippen LogP contribution in [0.25, 0.3) is 0 Å². The number of hydrogen-bond donors (Lipinski definition) is 4. The Morgan fingerprint density at radius 3 is 2.38 bits per heavy atom. The molecular weight excluding hydrogens is 606 g/mol. The number of carboxylic acid groups (broad SMARTS) is 1. The van der Waals surface area contributed by atoms with Gasteiger partial charge in [-0.15, -0.1) is 0 Å². The van der Waals surface area contributed by atoms with Crippen LogP contribution in [-0.4, -0.2) is 89.6 Å². The van der Waals surface area contributed by atoms with Crippen molar-refractivity contribution in [2.24, 2.45) is 11.3 Å². The highest BCUT2D eigenvalue weighted by molar-refractivity contribution is 5.88. The van der Waals surface area contributed by atoms with E-state index in [1.54, 1.807) is 32.2 Å². The molecule has 13 nitrogen and oxygen atoms in total. The summed E-state index contributed by atoms with van der Waals surface area (Å²) in [6.07, 6.45) is 4.16. The van der Waals surface area contributed by atoms with Gasteiger partial charge in [0.05, 0.1) is 12.5 Å². The van der Waals surface area contributed by atoms with E-state index >= 15 is 0 Å². The minimum absolute atomic E-state index is 0.00111. The lowest BCUT2D eigenvalue weighted by Crippen LogP contribution is -2.60. The third-order valence-corrected chi connectivity index (χ3v) is 8.93. The predicted molar refractivity (Wildman–Crippen MR) is 173 cm³/mol. The lowest BCUT2D eigenvalue weighted by molar-refractivity contribution is -0.181. The van der Waals surface area contributed by atoms with Crippen LogP contribution in [-0.2, 0) is 35.2 Å². The van der Waals surface area contributed by atoms with Gasteiger partial charge in [-0.1, -0.05) is 62.6 Å². The first-order valence-corrected chi connectivity index (χ1v) is 16.3. The molecule has 0 radical (unpaired) electrons. The van der Waals surface area contributed by atoms with E-state index in [0.717, 1.165) is 24.8 Å². The zero-order valence-corrected chi connectivity index (χ0v) is 27.4. The van der Waals surface area contributed by atoms with Gasteiger partial charge in [0.15, 0.2) is 5.72 Å². The molecule has 1 aliphatic carbocycles. The van der Waals surface area contributed by atoms with Gasteiger partial charge in [-0.25, -0.2) is 14.6 Å². The summed E-state index contributed by atoms with van der Waals surface area (Å²) in [6, 6.07) is 13.2. The van der Waals surface area contributed by atoms with Gasteiger partial charge in [0.2, 0.25) is 11.8 Å². The molecule has 47 heavy (non-hydrogen) atoms. The van der Waals surface area contributed by atoms with Crippen molar-refractivity contribution in [3.8, 4) is 0 Å². The van der Waals surface area contributed by atoms with E-state index in [-0.39, 0.29) is 45.4 Å². The van der Waals surface area contributed by atoms with Crippen LogP contribution in [0.15, 0.2) is 54.7 Å². The number of carboxylic acids is 1. The molecular formula is C34H47N5O8. The van der Waals surface area contributed by atoms with Gasteiger partial charge < -0.3 is 35.3 Å².